The molecule has 0 bridgehead atoms. The van der Waals surface area contributed by atoms with Crippen LogP contribution in [-0.4, -0.2) is 31.6 Å². The Morgan fingerprint density at radius 3 is 2.38 bits per heavy atom. The molecule has 1 N–H and O–H groups in total. The third-order valence-electron chi connectivity index (χ3n) is 3.79. The van der Waals surface area contributed by atoms with Crippen molar-refractivity contribution in [3.63, 3.8) is 0 Å². The van der Waals surface area contributed by atoms with Crippen LogP contribution in [0, 0.1) is 19.8 Å². The number of nitrogens with zero attached hydrogens (tertiary/aromatic N) is 5. The summed E-state index contributed by atoms with van der Waals surface area (Å²) in [5, 5.41) is 7.37. The molecule has 0 saturated carbocycles. The van der Waals surface area contributed by atoms with E-state index in [-0.39, 0.29) is 0 Å². The van der Waals surface area contributed by atoms with Gasteiger partial charge in [0.15, 0.2) is 0 Å². The third kappa shape index (κ3) is 4.22. The van der Waals surface area contributed by atoms with Crippen LogP contribution in [0.25, 0.3) is 23.0 Å². The number of anilines is 1. The Kier molecular flexibility index (Phi) is 5.25. The Morgan fingerprint density at radius 1 is 1.00 bits per heavy atom. The minimum Gasteiger partial charge on any atom is -0.354 e. The first kappa shape index (κ1) is 18.0. The first-order valence-electron chi connectivity index (χ1n) is 8.86. The molecular weight excluding hydrogens is 328 g/mol. The average Bonchev–Trinajstić information content (AvgIpc) is 3.09. The predicted octanol–water partition coefficient (Wildman–Crippen LogP) is 3.84. The van der Waals surface area contributed by atoms with Gasteiger partial charge in [0.25, 0.3) is 5.89 Å². The number of hydrogen-bond acceptors (Lipinski definition) is 7. The van der Waals surface area contributed by atoms with Gasteiger partial charge in [0.05, 0.1) is 0 Å². The van der Waals surface area contributed by atoms with Gasteiger partial charge in [0, 0.05) is 29.2 Å². The first-order valence-corrected chi connectivity index (χ1v) is 8.86. The molecule has 0 aliphatic rings. The van der Waals surface area contributed by atoms with Gasteiger partial charge in [-0.15, -0.1) is 0 Å². The van der Waals surface area contributed by atoms with Gasteiger partial charge in [-0.1, -0.05) is 25.9 Å². The van der Waals surface area contributed by atoms with Crippen molar-refractivity contribution in [3.05, 3.63) is 35.3 Å². The van der Waals surface area contributed by atoms with Crippen LogP contribution in [0.2, 0.25) is 0 Å². The van der Waals surface area contributed by atoms with E-state index in [4.69, 9.17) is 4.52 Å². The molecule has 0 aliphatic heterocycles. The normalized spacial score (nSPS) is 11.2. The lowest BCUT2D eigenvalue weighted by Gasteiger charge is -2.09. The molecule has 0 atom stereocenters. The summed E-state index contributed by atoms with van der Waals surface area (Å²) in [5.41, 5.74) is 4.28. The average molecular weight is 352 g/mol. The zero-order valence-corrected chi connectivity index (χ0v) is 15.9. The molecule has 0 fully saturated rings. The lowest BCUT2D eigenvalue weighted by atomic mass is 10.2. The molecule has 0 spiro atoms. The fourth-order valence-corrected chi connectivity index (χ4v) is 2.57. The zero-order chi connectivity index (χ0) is 18.7. The van der Waals surface area contributed by atoms with Gasteiger partial charge in [0.2, 0.25) is 11.8 Å². The van der Waals surface area contributed by atoms with Gasteiger partial charge in [-0.2, -0.15) is 4.98 Å². The molecule has 3 rings (SSSR count). The first-order chi connectivity index (χ1) is 12.4. The lowest BCUT2D eigenvalue weighted by molar-refractivity contribution is 0.431. The van der Waals surface area contributed by atoms with Crippen molar-refractivity contribution in [1.29, 1.82) is 0 Å². The smallest absolute Gasteiger partial charge is 0.277 e. The maximum atomic E-state index is 5.47. The number of pyridine rings is 1. The zero-order valence-electron chi connectivity index (χ0n) is 15.9. The second-order valence-electron chi connectivity index (χ2n) is 6.76. The Bertz CT molecular complexity index is 883. The summed E-state index contributed by atoms with van der Waals surface area (Å²) in [4.78, 5) is 18.0. The summed E-state index contributed by atoms with van der Waals surface area (Å²) in [6.45, 7) is 11.0. The van der Waals surface area contributed by atoms with Crippen molar-refractivity contribution in [3.8, 4) is 23.0 Å². The molecule has 26 heavy (non-hydrogen) atoms. The van der Waals surface area contributed by atoms with Crippen molar-refractivity contribution >= 4 is 5.95 Å². The highest BCUT2D eigenvalue weighted by molar-refractivity contribution is 5.59. The SMILES string of the molecule is CCc1cc(-c2nc(-c3cc(C)nc(C)c3)no2)nc(NCC(C)C)n1. The number of rotatable bonds is 6. The van der Waals surface area contributed by atoms with E-state index in [1.807, 2.05) is 32.0 Å². The quantitative estimate of drug-likeness (QED) is 0.721. The minimum absolute atomic E-state index is 0.386. The Labute approximate surface area is 153 Å². The Balaban J connectivity index is 1.94. The summed E-state index contributed by atoms with van der Waals surface area (Å²) in [7, 11) is 0. The summed E-state index contributed by atoms with van der Waals surface area (Å²) in [5.74, 6) is 2.00. The van der Waals surface area contributed by atoms with Gasteiger partial charge in [0.1, 0.15) is 5.69 Å². The minimum atomic E-state index is 0.386. The topological polar surface area (TPSA) is 89.6 Å². The Morgan fingerprint density at radius 2 is 1.73 bits per heavy atom. The highest BCUT2D eigenvalue weighted by Gasteiger charge is 2.15. The van der Waals surface area contributed by atoms with E-state index in [0.717, 1.165) is 35.6 Å². The van der Waals surface area contributed by atoms with E-state index in [2.05, 4.69) is 51.2 Å². The van der Waals surface area contributed by atoms with Crippen LogP contribution in [0.5, 0.6) is 0 Å². The van der Waals surface area contributed by atoms with Crippen LogP contribution in [0.4, 0.5) is 5.95 Å². The molecule has 0 radical (unpaired) electrons. The number of hydrogen-bond donors (Lipinski definition) is 1. The summed E-state index contributed by atoms with van der Waals surface area (Å²) in [6, 6.07) is 5.77. The van der Waals surface area contributed by atoms with E-state index in [1.54, 1.807) is 0 Å². The summed E-state index contributed by atoms with van der Waals surface area (Å²) >= 11 is 0. The van der Waals surface area contributed by atoms with Gasteiger partial charge in [-0.05, 0) is 44.4 Å². The van der Waals surface area contributed by atoms with E-state index < -0.39 is 0 Å². The Hall–Kier alpha value is -2.83. The van der Waals surface area contributed by atoms with E-state index in [9.17, 15) is 0 Å². The molecule has 0 unspecified atom stereocenters. The molecule has 0 aromatic carbocycles. The lowest BCUT2D eigenvalue weighted by Crippen LogP contribution is -2.11. The van der Waals surface area contributed by atoms with Gasteiger partial charge < -0.3 is 9.84 Å². The van der Waals surface area contributed by atoms with Crippen LogP contribution in [-0.2, 0) is 6.42 Å². The molecule has 0 amide bonds. The fourth-order valence-electron chi connectivity index (χ4n) is 2.57. The van der Waals surface area contributed by atoms with Crippen LogP contribution in [0.3, 0.4) is 0 Å². The molecular formula is C19H24N6O. The second-order valence-corrected chi connectivity index (χ2v) is 6.76. The number of aromatic nitrogens is 5. The summed E-state index contributed by atoms with van der Waals surface area (Å²) < 4.78 is 5.47. The van der Waals surface area contributed by atoms with Crippen LogP contribution < -0.4 is 5.32 Å². The highest BCUT2D eigenvalue weighted by atomic mass is 16.5. The molecule has 3 aromatic rings. The second kappa shape index (κ2) is 7.59. The van der Waals surface area contributed by atoms with E-state index in [0.29, 0.717) is 29.3 Å². The predicted molar refractivity (Wildman–Crippen MR) is 101 cm³/mol. The van der Waals surface area contributed by atoms with Crippen LogP contribution in [0.15, 0.2) is 22.7 Å². The van der Waals surface area contributed by atoms with E-state index in [1.165, 1.54) is 0 Å². The molecule has 0 aliphatic carbocycles. The van der Waals surface area contributed by atoms with Crippen LogP contribution >= 0.6 is 0 Å². The van der Waals surface area contributed by atoms with Gasteiger partial charge in [-0.25, -0.2) is 9.97 Å². The van der Waals surface area contributed by atoms with Gasteiger partial charge >= 0.3 is 0 Å². The number of aryl methyl sites for hydroxylation is 3. The van der Waals surface area contributed by atoms with Crippen molar-refractivity contribution in [2.24, 2.45) is 5.92 Å². The third-order valence-corrected chi connectivity index (χ3v) is 3.79. The molecule has 3 aromatic heterocycles. The molecule has 7 heteroatoms. The molecule has 136 valence electrons. The van der Waals surface area contributed by atoms with Crippen molar-refractivity contribution in [1.82, 2.24) is 25.1 Å². The largest absolute Gasteiger partial charge is 0.354 e. The molecule has 3 heterocycles. The maximum Gasteiger partial charge on any atom is 0.277 e. The standard InChI is InChI=1S/C19H24N6O/c1-6-15-9-16(23-19(22-15)20-10-11(2)3)18-24-17(25-26-18)14-7-12(4)21-13(5)8-14/h7-9,11H,6,10H2,1-5H3,(H,20,22,23). The van der Waals surface area contributed by atoms with Crippen LogP contribution in [0.1, 0.15) is 37.9 Å². The van der Waals surface area contributed by atoms with Crippen molar-refractivity contribution in [2.45, 2.75) is 41.0 Å². The van der Waals surface area contributed by atoms with Crippen molar-refractivity contribution < 1.29 is 4.52 Å². The van der Waals surface area contributed by atoms with Crippen molar-refractivity contribution in [2.75, 3.05) is 11.9 Å². The molecule has 0 saturated heterocycles. The fraction of sp³-hybridized carbons (Fsp3) is 0.421. The highest BCUT2D eigenvalue weighted by Crippen LogP contribution is 2.23. The summed E-state index contributed by atoms with van der Waals surface area (Å²) in [6.07, 6.45) is 0.801. The molecule has 7 nitrogen and oxygen atoms in total. The maximum absolute atomic E-state index is 5.47. The monoisotopic (exact) mass is 352 g/mol. The van der Waals surface area contributed by atoms with E-state index >= 15 is 0 Å². The van der Waals surface area contributed by atoms with Gasteiger partial charge in [-0.3, -0.25) is 4.98 Å². The number of nitrogens with one attached hydrogen (secondary N) is 1.